The molecule has 0 radical (unpaired) electrons. The van der Waals surface area contributed by atoms with Gasteiger partial charge in [-0.1, -0.05) is 12.1 Å². The number of aryl methyl sites for hydroxylation is 1. The highest BCUT2D eigenvalue weighted by Gasteiger charge is 2.10. The summed E-state index contributed by atoms with van der Waals surface area (Å²) in [4.78, 5) is 0. The lowest BCUT2D eigenvalue weighted by Crippen LogP contribution is -2.11. The average molecular weight is 221 g/mol. The molecule has 1 aromatic heterocycles. The number of hydrogen-bond acceptors (Lipinski definition) is 2. The summed E-state index contributed by atoms with van der Waals surface area (Å²) in [5.74, 6) is -0.184. The normalized spacial score (nSPS) is 12.7. The minimum atomic E-state index is -0.184. The van der Waals surface area contributed by atoms with Crippen LogP contribution >= 0.6 is 11.3 Å². The molecule has 1 atom stereocenters. The molecule has 2 aromatic rings. The summed E-state index contributed by atoms with van der Waals surface area (Å²) in [6.07, 6.45) is 0. The first-order valence-electron chi connectivity index (χ1n) is 4.72. The van der Waals surface area contributed by atoms with Crippen LogP contribution in [0.4, 0.5) is 4.39 Å². The van der Waals surface area contributed by atoms with E-state index < -0.39 is 0 Å². The Kier molecular flexibility index (Phi) is 2.84. The molecule has 3 heteroatoms. The average Bonchev–Trinajstić information content (AvgIpc) is 2.74. The Morgan fingerprint density at radius 2 is 2.07 bits per heavy atom. The molecule has 0 bridgehead atoms. The number of thiophene rings is 1. The van der Waals surface area contributed by atoms with Crippen molar-refractivity contribution in [1.29, 1.82) is 0 Å². The molecule has 1 aromatic carbocycles. The zero-order chi connectivity index (χ0) is 10.8. The molecule has 78 valence electrons. The fraction of sp³-hybridized carbons (Fsp3) is 0.167. The van der Waals surface area contributed by atoms with Crippen molar-refractivity contribution >= 4 is 11.3 Å². The van der Waals surface area contributed by atoms with Gasteiger partial charge in [0.05, 0.1) is 6.04 Å². The molecule has 0 aliphatic heterocycles. The lowest BCUT2D eigenvalue weighted by Gasteiger charge is -2.11. The first kappa shape index (κ1) is 10.3. The van der Waals surface area contributed by atoms with Gasteiger partial charge >= 0.3 is 0 Å². The van der Waals surface area contributed by atoms with Gasteiger partial charge in [-0.25, -0.2) is 4.39 Å². The number of benzene rings is 1. The van der Waals surface area contributed by atoms with E-state index in [0.717, 1.165) is 11.1 Å². The molecule has 15 heavy (non-hydrogen) atoms. The predicted molar refractivity (Wildman–Crippen MR) is 61.5 cm³/mol. The summed E-state index contributed by atoms with van der Waals surface area (Å²) in [7, 11) is 0. The van der Waals surface area contributed by atoms with E-state index in [1.54, 1.807) is 30.4 Å². The van der Waals surface area contributed by atoms with Gasteiger partial charge < -0.3 is 5.73 Å². The maximum absolute atomic E-state index is 13.1. The molecule has 0 aliphatic carbocycles. The van der Waals surface area contributed by atoms with E-state index in [0.29, 0.717) is 5.56 Å². The van der Waals surface area contributed by atoms with E-state index in [-0.39, 0.29) is 11.9 Å². The molecule has 2 rings (SSSR count). The van der Waals surface area contributed by atoms with Crippen molar-refractivity contribution in [2.24, 2.45) is 5.73 Å². The number of hydrogen-bond donors (Lipinski definition) is 1. The highest BCUT2D eigenvalue weighted by Crippen LogP contribution is 2.23. The fourth-order valence-electron chi connectivity index (χ4n) is 1.51. The van der Waals surface area contributed by atoms with Crippen molar-refractivity contribution in [2.75, 3.05) is 0 Å². The van der Waals surface area contributed by atoms with Crippen molar-refractivity contribution in [3.05, 3.63) is 57.5 Å². The maximum atomic E-state index is 13.1. The summed E-state index contributed by atoms with van der Waals surface area (Å²) >= 11 is 1.62. The third-order valence-corrected chi connectivity index (χ3v) is 3.14. The van der Waals surface area contributed by atoms with Crippen LogP contribution in [0.15, 0.2) is 35.0 Å². The molecule has 0 spiro atoms. The second-order valence-corrected chi connectivity index (χ2v) is 4.32. The summed E-state index contributed by atoms with van der Waals surface area (Å²) in [5, 5.41) is 4.01. The SMILES string of the molecule is Cc1cc([C@H](N)c2ccsc2)ccc1F. The van der Waals surface area contributed by atoms with E-state index in [4.69, 9.17) is 5.73 Å². The lowest BCUT2D eigenvalue weighted by atomic mass is 10.0. The van der Waals surface area contributed by atoms with Gasteiger partial charge in [0.1, 0.15) is 5.82 Å². The highest BCUT2D eigenvalue weighted by atomic mass is 32.1. The van der Waals surface area contributed by atoms with Crippen LogP contribution in [0.1, 0.15) is 22.7 Å². The smallest absolute Gasteiger partial charge is 0.126 e. The molecular weight excluding hydrogens is 209 g/mol. The fourth-order valence-corrected chi connectivity index (χ4v) is 2.20. The largest absolute Gasteiger partial charge is 0.320 e. The van der Waals surface area contributed by atoms with E-state index in [2.05, 4.69) is 0 Å². The predicted octanol–water partition coefficient (Wildman–Crippen LogP) is 3.24. The second kappa shape index (κ2) is 4.13. The number of halogens is 1. The van der Waals surface area contributed by atoms with Crippen molar-refractivity contribution in [2.45, 2.75) is 13.0 Å². The molecule has 0 fully saturated rings. The van der Waals surface area contributed by atoms with Gasteiger partial charge in [-0.05, 0) is 46.5 Å². The Labute approximate surface area is 92.4 Å². The van der Waals surface area contributed by atoms with Crippen LogP contribution in [-0.4, -0.2) is 0 Å². The van der Waals surface area contributed by atoms with Gasteiger partial charge in [-0.2, -0.15) is 11.3 Å². The van der Waals surface area contributed by atoms with Crippen molar-refractivity contribution in [1.82, 2.24) is 0 Å². The minimum absolute atomic E-state index is 0.157. The lowest BCUT2D eigenvalue weighted by molar-refractivity contribution is 0.617. The Morgan fingerprint density at radius 1 is 1.27 bits per heavy atom. The molecule has 2 N–H and O–H groups in total. The van der Waals surface area contributed by atoms with E-state index >= 15 is 0 Å². The molecule has 1 heterocycles. The molecule has 0 unspecified atom stereocenters. The summed E-state index contributed by atoms with van der Waals surface area (Å²) in [6, 6.07) is 6.85. The van der Waals surface area contributed by atoms with Crippen molar-refractivity contribution in [3.8, 4) is 0 Å². The Balaban J connectivity index is 2.34. The molecule has 0 saturated heterocycles. The molecule has 0 amide bonds. The third-order valence-electron chi connectivity index (χ3n) is 2.44. The standard InChI is InChI=1S/C12H12FNS/c1-8-6-9(2-3-11(8)13)12(14)10-4-5-15-7-10/h2-7,12H,14H2,1H3/t12-/m0/s1. The van der Waals surface area contributed by atoms with E-state index in [1.165, 1.54) is 6.07 Å². The zero-order valence-corrected chi connectivity index (χ0v) is 9.22. The quantitative estimate of drug-likeness (QED) is 0.827. The first-order valence-corrected chi connectivity index (χ1v) is 5.66. The van der Waals surface area contributed by atoms with E-state index in [1.807, 2.05) is 16.8 Å². The number of nitrogens with two attached hydrogens (primary N) is 1. The Bertz CT molecular complexity index is 451. The van der Waals surface area contributed by atoms with Crippen LogP contribution < -0.4 is 5.73 Å². The second-order valence-electron chi connectivity index (χ2n) is 3.54. The molecular formula is C12H12FNS. The van der Waals surface area contributed by atoms with Crippen LogP contribution in [-0.2, 0) is 0 Å². The zero-order valence-electron chi connectivity index (χ0n) is 8.41. The maximum Gasteiger partial charge on any atom is 0.126 e. The first-order chi connectivity index (χ1) is 7.18. The molecule has 0 aliphatic rings. The summed E-state index contributed by atoms with van der Waals surface area (Å²) < 4.78 is 13.1. The topological polar surface area (TPSA) is 26.0 Å². The monoisotopic (exact) mass is 221 g/mol. The van der Waals surface area contributed by atoms with E-state index in [9.17, 15) is 4.39 Å². The van der Waals surface area contributed by atoms with Gasteiger partial charge in [0.25, 0.3) is 0 Å². The van der Waals surface area contributed by atoms with Gasteiger partial charge in [0, 0.05) is 0 Å². The number of rotatable bonds is 2. The van der Waals surface area contributed by atoms with Crippen LogP contribution in [0.3, 0.4) is 0 Å². The van der Waals surface area contributed by atoms with Gasteiger partial charge in [0.15, 0.2) is 0 Å². The molecule has 1 nitrogen and oxygen atoms in total. The van der Waals surface area contributed by atoms with Gasteiger partial charge in [-0.15, -0.1) is 0 Å². The van der Waals surface area contributed by atoms with Gasteiger partial charge in [0.2, 0.25) is 0 Å². The van der Waals surface area contributed by atoms with Crippen LogP contribution in [0.5, 0.6) is 0 Å². The third kappa shape index (κ3) is 2.08. The Morgan fingerprint density at radius 3 is 2.67 bits per heavy atom. The minimum Gasteiger partial charge on any atom is -0.320 e. The van der Waals surface area contributed by atoms with Crippen molar-refractivity contribution < 1.29 is 4.39 Å². The van der Waals surface area contributed by atoms with Crippen LogP contribution in [0.2, 0.25) is 0 Å². The van der Waals surface area contributed by atoms with Crippen molar-refractivity contribution in [3.63, 3.8) is 0 Å². The molecule has 0 saturated carbocycles. The highest BCUT2D eigenvalue weighted by molar-refractivity contribution is 7.08. The van der Waals surface area contributed by atoms with Crippen LogP contribution in [0, 0.1) is 12.7 Å². The van der Waals surface area contributed by atoms with Gasteiger partial charge in [-0.3, -0.25) is 0 Å². The summed E-state index contributed by atoms with van der Waals surface area (Å²) in [6.45, 7) is 1.75. The Hall–Kier alpha value is -1.19. The van der Waals surface area contributed by atoms with Crippen LogP contribution in [0.25, 0.3) is 0 Å². The summed E-state index contributed by atoms with van der Waals surface area (Å²) in [5.41, 5.74) is 8.73.